The van der Waals surface area contributed by atoms with Crippen molar-refractivity contribution in [1.29, 1.82) is 0 Å². The summed E-state index contributed by atoms with van der Waals surface area (Å²) in [5, 5.41) is 3.43. The lowest BCUT2D eigenvalue weighted by Crippen LogP contribution is -2.15. The third kappa shape index (κ3) is 5.28. The minimum absolute atomic E-state index is 0. The minimum atomic E-state index is 0. The summed E-state index contributed by atoms with van der Waals surface area (Å²) in [5.41, 5.74) is 0. The highest BCUT2D eigenvalue weighted by Crippen LogP contribution is 2.22. The molecule has 1 nitrogen and oxygen atoms in total. The molecule has 0 saturated carbocycles. The van der Waals surface area contributed by atoms with Crippen molar-refractivity contribution in [2.24, 2.45) is 0 Å². The largest absolute Gasteiger partial charge is 0.311 e. The molecule has 2 aromatic rings. The van der Waals surface area contributed by atoms with Crippen LogP contribution in [0.15, 0.2) is 28.1 Å². The summed E-state index contributed by atoms with van der Waals surface area (Å²) in [6, 6.07) is 8.28. The average Bonchev–Trinajstić information content (AvgIpc) is 2.83. The van der Waals surface area contributed by atoms with Crippen molar-refractivity contribution in [3.8, 4) is 0 Å². The van der Waals surface area contributed by atoms with Crippen LogP contribution in [-0.4, -0.2) is 6.54 Å². The maximum absolute atomic E-state index is 5.87. The molecule has 17 heavy (non-hydrogen) atoms. The van der Waals surface area contributed by atoms with Gasteiger partial charge in [-0.25, -0.2) is 0 Å². The zero-order chi connectivity index (χ0) is 11.4. The van der Waals surface area contributed by atoms with Crippen LogP contribution in [0.3, 0.4) is 0 Å². The minimum Gasteiger partial charge on any atom is -0.311 e. The maximum atomic E-state index is 5.87. The number of halogens is 3. The van der Waals surface area contributed by atoms with Crippen molar-refractivity contribution in [2.75, 3.05) is 6.54 Å². The van der Waals surface area contributed by atoms with Gasteiger partial charge in [0.25, 0.3) is 0 Å². The molecule has 0 atom stereocenters. The lowest BCUT2D eigenvalue weighted by molar-refractivity contribution is 0.697. The van der Waals surface area contributed by atoms with E-state index in [-0.39, 0.29) is 12.4 Å². The lowest BCUT2D eigenvalue weighted by Gasteiger charge is -2.00. The molecule has 0 unspecified atom stereocenters. The summed E-state index contributed by atoms with van der Waals surface area (Å²) in [6.45, 7) is 1.93. The SMILES string of the molecule is Cl.Clc1ccc(CCNCc2ccc(Br)s2)s1. The van der Waals surface area contributed by atoms with E-state index in [1.54, 1.807) is 22.7 Å². The van der Waals surface area contributed by atoms with Gasteiger partial charge in [0.05, 0.1) is 8.12 Å². The summed E-state index contributed by atoms with van der Waals surface area (Å²) in [4.78, 5) is 2.70. The zero-order valence-electron chi connectivity index (χ0n) is 8.91. The molecule has 2 aromatic heterocycles. The van der Waals surface area contributed by atoms with E-state index in [1.807, 2.05) is 6.07 Å². The standard InChI is InChI=1S/C11H11BrClNS2.ClH/c12-10-3-1-9(15-10)7-14-6-5-8-2-4-11(13)16-8;/h1-4,14H,5-7H2;1H. The van der Waals surface area contributed by atoms with E-state index in [4.69, 9.17) is 11.6 Å². The quantitative estimate of drug-likeness (QED) is 0.729. The smallest absolute Gasteiger partial charge is 0.0931 e. The Hall–Kier alpha value is 0.420. The van der Waals surface area contributed by atoms with E-state index in [2.05, 4.69) is 39.4 Å². The molecule has 0 aliphatic carbocycles. The molecule has 0 aliphatic heterocycles. The Labute approximate surface area is 129 Å². The molecular weight excluding hydrogens is 361 g/mol. The summed E-state index contributed by atoms with van der Waals surface area (Å²) < 4.78 is 2.06. The molecule has 0 spiro atoms. The third-order valence-electron chi connectivity index (χ3n) is 2.11. The Morgan fingerprint density at radius 2 is 1.88 bits per heavy atom. The van der Waals surface area contributed by atoms with Crippen LogP contribution in [0.1, 0.15) is 9.75 Å². The molecule has 0 bridgehead atoms. The molecule has 6 heteroatoms. The summed E-state index contributed by atoms with van der Waals surface area (Å²) in [6.07, 6.45) is 1.05. The number of nitrogens with one attached hydrogen (secondary N) is 1. The molecular formula is C11H12BrCl2NS2. The highest BCUT2D eigenvalue weighted by Gasteiger charge is 1.99. The Bertz CT molecular complexity index is 414. The van der Waals surface area contributed by atoms with Crippen LogP contribution in [0.4, 0.5) is 0 Å². The summed E-state index contributed by atoms with van der Waals surface area (Å²) >= 11 is 12.8. The van der Waals surface area contributed by atoms with Gasteiger partial charge < -0.3 is 5.32 Å². The van der Waals surface area contributed by atoms with Gasteiger partial charge in [0.15, 0.2) is 0 Å². The van der Waals surface area contributed by atoms with Crippen molar-refractivity contribution >= 4 is 62.6 Å². The highest BCUT2D eigenvalue weighted by molar-refractivity contribution is 9.11. The van der Waals surface area contributed by atoms with Crippen molar-refractivity contribution in [1.82, 2.24) is 5.32 Å². The summed E-state index contributed by atoms with van der Waals surface area (Å²) in [7, 11) is 0. The molecule has 0 aliphatic rings. The van der Waals surface area contributed by atoms with Gasteiger partial charge in [-0.1, -0.05) is 11.6 Å². The summed E-state index contributed by atoms with van der Waals surface area (Å²) in [5.74, 6) is 0. The maximum Gasteiger partial charge on any atom is 0.0931 e. The van der Waals surface area contributed by atoms with Crippen LogP contribution in [0, 0.1) is 0 Å². The Morgan fingerprint density at radius 3 is 2.47 bits per heavy atom. The topological polar surface area (TPSA) is 12.0 Å². The van der Waals surface area contributed by atoms with E-state index in [0.29, 0.717) is 0 Å². The van der Waals surface area contributed by atoms with Gasteiger partial charge in [0.1, 0.15) is 0 Å². The van der Waals surface area contributed by atoms with Crippen molar-refractivity contribution in [2.45, 2.75) is 13.0 Å². The van der Waals surface area contributed by atoms with E-state index in [1.165, 1.54) is 13.5 Å². The normalized spacial score (nSPS) is 10.2. The van der Waals surface area contributed by atoms with Crippen LogP contribution in [0.25, 0.3) is 0 Å². The van der Waals surface area contributed by atoms with Crippen LogP contribution in [0.5, 0.6) is 0 Å². The molecule has 0 amide bonds. The molecule has 94 valence electrons. The van der Waals surface area contributed by atoms with Crippen molar-refractivity contribution < 1.29 is 0 Å². The van der Waals surface area contributed by atoms with Gasteiger partial charge in [-0.3, -0.25) is 0 Å². The van der Waals surface area contributed by atoms with Crippen molar-refractivity contribution in [3.05, 3.63) is 42.1 Å². The van der Waals surface area contributed by atoms with Crippen LogP contribution >= 0.6 is 62.6 Å². The first-order chi connectivity index (χ1) is 7.74. The first-order valence-electron chi connectivity index (χ1n) is 4.93. The predicted molar refractivity (Wildman–Crippen MR) is 84.0 cm³/mol. The predicted octanol–water partition coefficient (Wildman–Crippen LogP) is 4.98. The van der Waals surface area contributed by atoms with E-state index in [0.717, 1.165) is 23.8 Å². The molecule has 1 N–H and O–H groups in total. The van der Waals surface area contributed by atoms with E-state index >= 15 is 0 Å². The van der Waals surface area contributed by atoms with Crippen LogP contribution in [-0.2, 0) is 13.0 Å². The molecule has 2 rings (SSSR count). The Kier molecular flexibility index (Phi) is 7.07. The van der Waals surface area contributed by atoms with E-state index in [9.17, 15) is 0 Å². The van der Waals surface area contributed by atoms with Gasteiger partial charge in [-0.15, -0.1) is 35.1 Å². The Balaban J connectivity index is 0.00000144. The monoisotopic (exact) mass is 371 g/mol. The van der Waals surface area contributed by atoms with Gasteiger partial charge in [0, 0.05) is 22.8 Å². The lowest BCUT2D eigenvalue weighted by atomic mass is 10.3. The molecule has 0 saturated heterocycles. The first kappa shape index (κ1) is 15.5. The number of rotatable bonds is 5. The fraction of sp³-hybridized carbons (Fsp3) is 0.273. The third-order valence-corrected chi connectivity index (χ3v) is 5.02. The van der Waals surface area contributed by atoms with Crippen LogP contribution < -0.4 is 5.32 Å². The van der Waals surface area contributed by atoms with Crippen molar-refractivity contribution in [3.63, 3.8) is 0 Å². The van der Waals surface area contributed by atoms with E-state index < -0.39 is 0 Å². The zero-order valence-corrected chi connectivity index (χ0v) is 13.7. The number of thiophene rings is 2. The number of hydrogen-bond donors (Lipinski definition) is 1. The Morgan fingerprint density at radius 1 is 1.12 bits per heavy atom. The second-order valence-corrected chi connectivity index (χ2v) is 7.69. The fourth-order valence-corrected chi connectivity index (χ4v) is 3.90. The molecule has 0 aromatic carbocycles. The van der Waals surface area contributed by atoms with Crippen LogP contribution in [0.2, 0.25) is 4.34 Å². The van der Waals surface area contributed by atoms with Gasteiger partial charge in [-0.05, 0) is 46.6 Å². The molecule has 2 heterocycles. The fourth-order valence-electron chi connectivity index (χ4n) is 1.36. The number of hydrogen-bond acceptors (Lipinski definition) is 3. The highest BCUT2D eigenvalue weighted by atomic mass is 79.9. The molecule has 0 fully saturated rings. The van der Waals surface area contributed by atoms with Gasteiger partial charge in [-0.2, -0.15) is 0 Å². The molecule has 0 radical (unpaired) electrons. The van der Waals surface area contributed by atoms with Gasteiger partial charge in [0.2, 0.25) is 0 Å². The van der Waals surface area contributed by atoms with Gasteiger partial charge >= 0.3 is 0 Å². The second-order valence-electron chi connectivity index (χ2n) is 3.34. The first-order valence-corrected chi connectivity index (χ1v) is 7.73. The second kappa shape index (κ2) is 7.77. The average molecular weight is 373 g/mol.